The molecule has 0 spiro atoms. The molecule has 2 aromatic rings. The molecule has 3 heteroatoms. The Kier molecular flexibility index (Phi) is 2.76. The van der Waals surface area contributed by atoms with E-state index in [0.717, 1.165) is 12.1 Å². The fourth-order valence-electron chi connectivity index (χ4n) is 2.19. The quantitative estimate of drug-likeness (QED) is 0.704. The number of amides is 1. The minimum Gasteiger partial charge on any atom is -0.326 e. The number of carbonyl (C=O) groups excluding carboxylic acids is 1. The van der Waals surface area contributed by atoms with Crippen LogP contribution in [0.1, 0.15) is 28.5 Å². The van der Waals surface area contributed by atoms with Crippen LogP contribution in [-0.2, 0) is 11.2 Å². The van der Waals surface area contributed by atoms with Gasteiger partial charge < -0.3 is 5.32 Å². The lowest BCUT2D eigenvalue weighted by Gasteiger charge is -2.07. The van der Waals surface area contributed by atoms with Gasteiger partial charge in [0.2, 0.25) is 5.91 Å². The van der Waals surface area contributed by atoms with Crippen molar-refractivity contribution in [2.45, 2.75) is 13.3 Å². The third-order valence-electron chi connectivity index (χ3n) is 3.04. The Morgan fingerprint density at radius 2 is 2.06 bits per heavy atom. The molecule has 2 nitrogen and oxygen atoms in total. The predicted molar refractivity (Wildman–Crippen MR) is 76.8 cm³/mol. The minimum absolute atomic E-state index is 0.0355. The lowest BCUT2D eigenvalue weighted by atomic mass is 10.0. The molecule has 0 bridgehead atoms. The topological polar surface area (TPSA) is 29.1 Å². The summed E-state index contributed by atoms with van der Waals surface area (Å²) in [7, 11) is 0. The van der Waals surface area contributed by atoms with Crippen LogP contribution in [0.5, 0.6) is 0 Å². The van der Waals surface area contributed by atoms with Crippen LogP contribution in [0.3, 0.4) is 0 Å². The maximum atomic E-state index is 11.1. The predicted octanol–water partition coefficient (Wildman–Crippen LogP) is 3.78. The Bertz CT molecular complexity index is 640. The SMILES string of the molecule is CC(=O)Nc1ccc2c(c1)C=Cc1ccsc1C2. The van der Waals surface area contributed by atoms with Gasteiger partial charge in [-0.3, -0.25) is 4.79 Å². The molecule has 18 heavy (non-hydrogen) atoms. The van der Waals surface area contributed by atoms with Crippen molar-refractivity contribution >= 4 is 35.1 Å². The molecule has 0 saturated heterocycles. The number of carbonyl (C=O) groups is 1. The summed E-state index contributed by atoms with van der Waals surface area (Å²) >= 11 is 1.80. The average molecular weight is 255 g/mol. The van der Waals surface area contributed by atoms with Gasteiger partial charge >= 0.3 is 0 Å². The van der Waals surface area contributed by atoms with Gasteiger partial charge in [-0.2, -0.15) is 0 Å². The van der Waals surface area contributed by atoms with E-state index in [9.17, 15) is 4.79 Å². The van der Waals surface area contributed by atoms with Crippen molar-refractivity contribution in [2.24, 2.45) is 0 Å². The van der Waals surface area contributed by atoms with Crippen LogP contribution in [0.25, 0.3) is 12.2 Å². The molecule has 1 aliphatic rings. The van der Waals surface area contributed by atoms with Gasteiger partial charge in [0.1, 0.15) is 0 Å². The Labute approximate surface area is 110 Å². The highest BCUT2D eigenvalue weighted by atomic mass is 32.1. The van der Waals surface area contributed by atoms with Crippen LogP contribution in [0.2, 0.25) is 0 Å². The number of hydrogen-bond donors (Lipinski definition) is 1. The fraction of sp³-hybridized carbons (Fsp3) is 0.133. The second-order valence-electron chi connectivity index (χ2n) is 4.40. The third-order valence-corrected chi connectivity index (χ3v) is 3.98. The lowest BCUT2D eigenvalue weighted by molar-refractivity contribution is -0.114. The monoisotopic (exact) mass is 255 g/mol. The molecule has 3 rings (SSSR count). The van der Waals surface area contributed by atoms with E-state index in [1.165, 1.54) is 28.5 Å². The first-order chi connectivity index (χ1) is 8.72. The Balaban J connectivity index is 2.00. The van der Waals surface area contributed by atoms with E-state index in [2.05, 4.69) is 35.0 Å². The largest absolute Gasteiger partial charge is 0.326 e. The fourth-order valence-corrected chi connectivity index (χ4v) is 3.08. The number of benzene rings is 1. The average Bonchev–Trinajstić information content (AvgIpc) is 2.69. The van der Waals surface area contributed by atoms with Gasteiger partial charge in [-0.15, -0.1) is 11.3 Å². The highest BCUT2D eigenvalue weighted by Gasteiger charge is 2.10. The molecule has 1 heterocycles. The molecule has 0 saturated carbocycles. The molecular weight excluding hydrogens is 242 g/mol. The maximum absolute atomic E-state index is 11.1. The summed E-state index contributed by atoms with van der Waals surface area (Å²) in [5, 5.41) is 4.95. The Morgan fingerprint density at radius 3 is 2.89 bits per heavy atom. The summed E-state index contributed by atoms with van der Waals surface area (Å²) in [5.74, 6) is -0.0355. The number of thiophene rings is 1. The highest BCUT2D eigenvalue weighted by molar-refractivity contribution is 7.10. The first-order valence-electron chi connectivity index (χ1n) is 5.87. The van der Waals surface area contributed by atoms with Gasteiger partial charge in [-0.1, -0.05) is 18.2 Å². The van der Waals surface area contributed by atoms with Gasteiger partial charge in [0, 0.05) is 23.9 Å². The molecule has 0 fully saturated rings. The molecule has 1 aromatic carbocycles. The van der Waals surface area contributed by atoms with Gasteiger partial charge in [-0.05, 0) is 40.3 Å². The molecule has 1 aromatic heterocycles. The van der Waals surface area contributed by atoms with Gasteiger partial charge in [0.05, 0.1) is 0 Å². The van der Waals surface area contributed by atoms with Crippen molar-refractivity contribution in [3.8, 4) is 0 Å². The van der Waals surface area contributed by atoms with Gasteiger partial charge in [-0.25, -0.2) is 0 Å². The summed E-state index contributed by atoms with van der Waals surface area (Å²) < 4.78 is 0. The summed E-state index contributed by atoms with van der Waals surface area (Å²) in [6, 6.07) is 8.24. The van der Waals surface area contributed by atoms with Gasteiger partial charge in [0.25, 0.3) is 0 Å². The Hall–Kier alpha value is -1.87. The van der Waals surface area contributed by atoms with E-state index in [1.807, 2.05) is 12.1 Å². The minimum atomic E-state index is -0.0355. The molecule has 0 aliphatic heterocycles. The number of fused-ring (bicyclic) bond motifs is 2. The first kappa shape index (κ1) is 11.2. The number of anilines is 1. The second-order valence-corrected chi connectivity index (χ2v) is 5.40. The third kappa shape index (κ3) is 2.09. The van der Waals surface area contributed by atoms with Crippen molar-refractivity contribution in [1.82, 2.24) is 0 Å². The summed E-state index contributed by atoms with van der Waals surface area (Å²) in [6.07, 6.45) is 5.24. The molecule has 90 valence electrons. The summed E-state index contributed by atoms with van der Waals surface area (Å²) in [6.45, 7) is 1.53. The number of rotatable bonds is 1. The standard InChI is InChI=1S/C15H13NOS/c1-10(17)16-14-5-4-13-9-15-11(6-7-18-15)2-3-12(13)8-14/h2-8H,9H2,1H3,(H,16,17). The van der Waals surface area contributed by atoms with Gasteiger partial charge in [0.15, 0.2) is 0 Å². The van der Waals surface area contributed by atoms with E-state index in [0.29, 0.717) is 0 Å². The molecule has 1 N–H and O–H groups in total. The van der Waals surface area contributed by atoms with Crippen LogP contribution >= 0.6 is 11.3 Å². The van der Waals surface area contributed by atoms with E-state index in [4.69, 9.17) is 0 Å². The molecular formula is C15H13NOS. The molecule has 1 amide bonds. The Morgan fingerprint density at radius 1 is 1.22 bits per heavy atom. The van der Waals surface area contributed by atoms with Crippen LogP contribution in [0, 0.1) is 0 Å². The van der Waals surface area contributed by atoms with Crippen LogP contribution in [0.4, 0.5) is 5.69 Å². The van der Waals surface area contributed by atoms with Crippen molar-refractivity contribution in [3.63, 3.8) is 0 Å². The molecule has 0 atom stereocenters. The maximum Gasteiger partial charge on any atom is 0.221 e. The summed E-state index contributed by atoms with van der Waals surface area (Å²) in [4.78, 5) is 12.5. The zero-order chi connectivity index (χ0) is 12.5. The normalized spacial score (nSPS) is 12.5. The van der Waals surface area contributed by atoms with E-state index in [1.54, 1.807) is 11.3 Å². The number of nitrogens with one attached hydrogen (secondary N) is 1. The van der Waals surface area contributed by atoms with Crippen molar-refractivity contribution in [2.75, 3.05) is 5.32 Å². The molecule has 0 unspecified atom stereocenters. The molecule has 1 aliphatic carbocycles. The zero-order valence-electron chi connectivity index (χ0n) is 10.1. The van der Waals surface area contributed by atoms with E-state index in [-0.39, 0.29) is 5.91 Å². The van der Waals surface area contributed by atoms with Crippen molar-refractivity contribution in [1.29, 1.82) is 0 Å². The second kappa shape index (κ2) is 4.42. The smallest absolute Gasteiger partial charge is 0.221 e. The molecule has 0 radical (unpaired) electrons. The van der Waals surface area contributed by atoms with Crippen LogP contribution in [-0.4, -0.2) is 5.91 Å². The highest BCUT2D eigenvalue weighted by Crippen LogP contribution is 2.29. The van der Waals surface area contributed by atoms with E-state index >= 15 is 0 Å². The summed E-state index contributed by atoms with van der Waals surface area (Å²) in [5.41, 5.74) is 4.65. The van der Waals surface area contributed by atoms with Crippen molar-refractivity contribution in [3.05, 3.63) is 51.2 Å². The van der Waals surface area contributed by atoms with Crippen LogP contribution in [0.15, 0.2) is 29.6 Å². The van der Waals surface area contributed by atoms with E-state index < -0.39 is 0 Å². The van der Waals surface area contributed by atoms with Crippen molar-refractivity contribution < 1.29 is 4.79 Å². The lowest BCUT2D eigenvalue weighted by Crippen LogP contribution is -2.06. The number of hydrogen-bond acceptors (Lipinski definition) is 2. The first-order valence-corrected chi connectivity index (χ1v) is 6.75. The van der Waals surface area contributed by atoms with Crippen LogP contribution < -0.4 is 5.32 Å². The zero-order valence-corrected chi connectivity index (χ0v) is 10.9.